The van der Waals surface area contributed by atoms with Gasteiger partial charge in [0.05, 0.1) is 7.11 Å². The van der Waals surface area contributed by atoms with E-state index in [9.17, 15) is 14.0 Å². The van der Waals surface area contributed by atoms with E-state index in [4.69, 9.17) is 13.9 Å². The van der Waals surface area contributed by atoms with Crippen LogP contribution < -0.4 is 20.4 Å². The average Bonchev–Trinajstić information content (AvgIpc) is 2.84. The number of fused-ring (bicyclic) bond motifs is 1. The molecule has 1 amide bonds. The molecule has 0 aliphatic heterocycles. The summed E-state index contributed by atoms with van der Waals surface area (Å²) in [6.45, 7) is 2.13. The molecular formula is C26H23FN2O5. The maximum atomic E-state index is 13.0. The Labute approximate surface area is 195 Å². The first-order valence-electron chi connectivity index (χ1n) is 10.7. The third-order valence-electron chi connectivity index (χ3n) is 5.42. The molecule has 34 heavy (non-hydrogen) atoms. The predicted molar refractivity (Wildman–Crippen MR) is 125 cm³/mol. The minimum atomic E-state index is -0.452. The van der Waals surface area contributed by atoms with Gasteiger partial charge in [0.25, 0.3) is 0 Å². The minimum absolute atomic E-state index is 0.145. The zero-order chi connectivity index (χ0) is 24.1. The number of benzene rings is 2. The minimum Gasteiger partial charge on any atom is -0.497 e. The standard InChI is InChI=1S/C26H23FN2O5/c1-16-21-9-8-20(32-2)13-23(21)34-26(31)22(16)10-11-24(30)28-14-17-3-12-25(29-15-17)33-19-6-4-18(27)5-7-19/h3-9,12-13,15H,10-11,14H2,1-2H3,(H,28,30). The van der Waals surface area contributed by atoms with Crippen LogP contribution in [0.1, 0.15) is 23.1 Å². The number of aromatic nitrogens is 1. The molecule has 0 aliphatic carbocycles. The molecular weight excluding hydrogens is 439 g/mol. The highest BCUT2D eigenvalue weighted by Crippen LogP contribution is 2.24. The first kappa shape index (κ1) is 23.0. The summed E-state index contributed by atoms with van der Waals surface area (Å²) in [5.74, 6) is 0.899. The lowest BCUT2D eigenvalue weighted by molar-refractivity contribution is -0.121. The Kier molecular flexibility index (Phi) is 6.87. The summed E-state index contributed by atoms with van der Waals surface area (Å²) < 4.78 is 29.1. The van der Waals surface area contributed by atoms with Crippen LogP contribution in [0.2, 0.25) is 0 Å². The molecule has 174 valence electrons. The van der Waals surface area contributed by atoms with Crippen molar-refractivity contribution in [1.82, 2.24) is 10.3 Å². The van der Waals surface area contributed by atoms with Crippen LogP contribution in [-0.2, 0) is 17.8 Å². The fourth-order valence-electron chi connectivity index (χ4n) is 3.52. The van der Waals surface area contributed by atoms with Crippen molar-refractivity contribution < 1.29 is 23.1 Å². The highest BCUT2D eigenvalue weighted by atomic mass is 19.1. The number of hydrogen-bond donors (Lipinski definition) is 1. The van der Waals surface area contributed by atoms with E-state index < -0.39 is 5.63 Å². The summed E-state index contributed by atoms with van der Waals surface area (Å²) in [6.07, 6.45) is 2.01. The van der Waals surface area contributed by atoms with Gasteiger partial charge in [0.15, 0.2) is 0 Å². The summed E-state index contributed by atoms with van der Waals surface area (Å²) in [6, 6.07) is 14.4. The second-order valence-corrected chi connectivity index (χ2v) is 7.69. The lowest BCUT2D eigenvalue weighted by Crippen LogP contribution is -2.24. The van der Waals surface area contributed by atoms with Gasteiger partial charge in [-0.3, -0.25) is 4.79 Å². The third kappa shape index (κ3) is 5.40. The van der Waals surface area contributed by atoms with Crippen molar-refractivity contribution in [3.8, 4) is 17.4 Å². The van der Waals surface area contributed by atoms with Crippen LogP contribution in [0.15, 0.2) is 70.0 Å². The molecule has 2 aromatic carbocycles. The van der Waals surface area contributed by atoms with Crippen molar-refractivity contribution in [3.63, 3.8) is 0 Å². The van der Waals surface area contributed by atoms with Gasteiger partial charge in [0, 0.05) is 42.2 Å². The summed E-state index contributed by atoms with van der Waals surface area (Å²) >= 11 is 0. The SMILES string of the molecule is COc1ccc2c(C)c(CCC(=O)NCc3ccc(Oc4ccc(F)cc4)nc3)c(=O)oc2c1. The number of nitrogens with one attached hydrogen (secondary N) is 1. The molecule has 2 heterocycles. The normalized spacial score (nSPS) is 10.8. The number of ether oxygens (including phenoxy) is 2. The highest BCUT2D eigenvalue weighted by molar-refractivity contribution is 5.82. The smallest absolute Gasteiger partial charge is 0.339 e. The van der Waals surface area contributed by atoms with Gasteiger partial charge in [-0.1, -0.05) is 6.07 Å². The number of amides is 1. The van der Waals surface area contributed by atoms with Crippen LogP contribution in [0.4, 0.5) is 4.39 Å². The Morgan fingerprint density at radius 1 is 1.09 bits per heavy atom. The largest absolute Gasteiger partial charge is 0.497 e. The molecule has 4 aromatic rings. The molecule has 2 aromatic heterocycles. The molecule has 0 unspecified atom stereocenters. The third-order valence-corrected chi connectivity index (χ3v) is 5.42. The topological polar surface area (TPSA) is 90.7 Å². The molecule has 0 atom stereocenters. The molecule has 4 rings (SSSR count). The zero-order valence-corrected chi connectivity index (χ0v) is 18.8. The quantitative estimate of drug-likeness (QED) is 0.382. The maximum Gasteiger partial charge on any atom is 0.339 e. The van der Waals surface area contributed by atoms with E-state index in [1.54, 1.807) is 37.6 Å². The molecule has 0 fully saturated rings. The number of carbonyl (C=O) groups is 1. The maximum absolute atomic E-state index is 13.0. The van der Waals surface area contributed by atoms with E-state index in [2.05, 4.69) is 10.3 Å². The van der Waals surface area contributed by atoms with Crippen LogP contribution in [0.3, 0.4) is 0 Å². The number of carbonyl (C=O) groups excluding carboxylic acids is 1. The number of rotatable bonds is 8. The molecule has 0 radical (unpaired) electrons. The van der Waals surface area contributed by atoms with Crippen LogP contribution in [0, 0.1) is 12.7 Å². The van der Waals surface area contributed by atoms with Crippen molar-refractivity contribution in [2.24, 2.45) is 0 Å². The fourth-order valence-corrected chi connectivity index (χ4v) is 3.52. The number of hydrogen-bond acceptors (Lipinski definition) is 6. The molecule has 0 saturated carbocycles. The lowest BCUT2D eigenvalue weighted by atomic mass is 10.0. The van der Waals surface area contributed by atoms with Crippen molar-refractivity contribution in [2.75, 3.05) is 7.11 Å². The first-order valence-corrected chi connectivity index (χ1v) is 10.7. The van der Waals surface area contributed by atoms with Gasteiger partial charge in [-0.2, -0.15) is 0 Å². The molecule has 0 saturated heterocycles. The number of halogens is 1. The van der Waals surface area contributed by atoms with Gasteiger partial charge >= 0.3 is 5.63 Å². The molecule has 1 N–H and O–H groups in total. The van der Waals surface area contributed by atoms with Gasteiger partial charge in [-0.25, -0.2) is 14.2 Å². The second kappa shape index (κ2) is 10.2. The van der Waals surface area contributed by atoms with Crippen molar-refractivity contribution in [3.05, 3.63) is 93.7 Å². The number of nitrogens with zero attached hydrogens (tertiary/aromatic N) is 1. The Balaban J connectivity index is 1.32. The molecule has 0 spiro atoms. The summed E-state index contributed by atoms with van der Waals surface area (Å²) in [5, 5.41) is 3.64. The molecule has 8 heteroatoms. The Morgan fingerprint density at radius 2 is 1.85 bits per heavy atom. The van der Waals surface area contributed by atoms with Gasteiger partial charge in [0.2, 0.25) is 11.8 Å². The predicted octanol–water partition coefficient (Wildman–Crippen LogP) is 4.69. The van der Waals surface area contributed by atoms with Crippen LogP contribution in [0.25, 0.3) is 11.0 Å². The van der Waals surface area contributed by atoms with E-state index in [1.807, 2.05) is 13.0 Å². The highest BCUT2D eigenvalue weighted by Gasteiger charge is 2.14. The van der Waals surface area contributed by atoms with E-state index in [1.165, 1.54) is 24.3 Å². The number of aryl methyl sites for hydroxylation is 1. The number of methoxy groups -OCH3 is 1. The van der Waals surface area contributed by atoms with Crippen LogP contribution in [-0.4, -0.2) is 18.0 Å². The Hall–Kier alpha value is -4.20. The second-order valence-electron chi connectivity index (χ2n) is 7.69. The number of pyridine rings is 1. The average molecular weight is 462 g/mol. The lowest BCUT2D eigenvalue weighted by Gasteiger charge is -2.10. The Morgan fingerprint density at radius 3 is 2.56 bits per heavy atom. The monoisotopic (exact) mass is 462 g/mol. The summed E-state index contributed by atoms with van der Waals surface area (Å²) in [7, 11) is 1.55. The van der Waals surface area contributed by atoms with Crippen molar-refractivity contribution >= 4 is 16.9 Å². The van der Waals surface area contributed by atoms with Crippen molar-refractivity contribution in [2.45, 2.75) is 26.3 Å². The van der Waals surface area contributed by atoms with Crippen molar-refractivity contribution in [1.29, 1.82) is 0 Å². The fraction of sp³-hybridized carbons (Fsp3) is 0.192. The Bertz CT molecular complexity index is 1370. The van der Waals surface area contributed by atoms with E-state index in [-0.39, 0.29) is 31.1 Å². The molecule has 7 nitrogen and oxygen atoms in total. The first-order chi connectivity index (χ1) is 16.4. The molecule has 0 aliphatic rings. The summed E-state index contributed by atoms with van der Waals surface area (Å²) in [4.78, 5) is 29.0. The van der Waals surface area contributed by atoms with E-state index >= 15 is 0 Å². The van der Waals surface area contributed by atoms with Gasteiger partial charge in [0.1, 0.15) is 22.9 Å². The molecule has 0 bridgehead atoms. The van der Waals surface area contributed by atoms with Gasteiger partial charge < -0.3 is 19.2 Å². The van der Waals surface area contributed by atoms with E-state index in [0.29, 0.717) is 28.5 Å². The zero-order valence-electron chi connectivity index (χ0n) is 18.8. The van der Waals surface area contributed by atoms with E-state index in [0.717, 1.165) is 16.5 Å². The summed E-state index contributed by atoms with van der Waals surface area (Å²) in [5.41, 5.74) is 2.07. The van der Waals surface area contributed by atoms with Crippen LogP contribution >= 0.6 is 0 Å². The van der Waals surface area contributed by atoms with Gasteiger partial charge in [-0.15, -0.1) is 0 Å². The van der Waals surface area contributed by atoms with Gasteiger partial charge in [-0.05, 0) is 60.9 Å². The van der Waals surface area contributed by atoms with Crippen LogP contribution in [0.5, 0.6) is 17.4 Å².